The highest BCUT2D eigenvalue weighted by molar-refractivity contribution is 7.00. The average Bonchev–Trinajstić information content (AvgIpc) is 3.35. The lowest BCUT2D eigenvalue weighted by Gasteiger charge is -2.19. The van der Waals surface area contributed by atoms with Crippen molar-refractivity contribution in [3.63, 3.8) is 0 Å². The Morgan fingerprint density at radius 1 is 1.14 bits per heavy atom. The first-order valence-corrected chi connectivity index (χ1v) is 9.63. The van der Waals surface area contributed by atoms with Gasteiger partial charge in [-0.25, -0.2) is 4.79 Å². The molecule has 0 bridgehead atoms. The van der Waals surface area contributed by atoms with Crippen LogP contribution in [0.5, 0.6) is 11.5 Å². The Morgan fingerprint density at radius 2 is 1.97 bits per heavy atom. The van der Waals surface area contributed by atoms with Crippen LogP contribution in [-0.4, -0.2) is 59.4 Å². The van der Waals surface area contributed by atoms with Crippen molar-refractivity contribution in [2.45, 2.75) is 0 Å². The van der Waals surface area contributed by atoms with E-state index in [4.69, 9.17) is 9.47 Å². The lowest BCUT2D eigenvalue weighted by molar-refractivity contribution is -0.116. The molecule has 1 aromatic heterocycles. The largest absolute Gasteiger partial charge is 0.493 e. The number of nitrogens with one attached hydrogen (secondary N) is 1. The van der Waals surface area contributed by atoms with E-state index in [0.717, 1.165) is 17.2 Å². The van der Waals surface area contributed by atoms with Crippen molar-refractivity contribution >= 4 is 46.1 Å². The van der Waals surface area contributed by atoms with Gasteiger partial charge in [-0.05, 0) is 24.3 Å². The summed E-state index contributed by atoms with van der Waals surface area (Å²) in [5, 5.41) is 2.82. The predicted octanol–water partition coefficient (Wildman–Crippen LogP) is 2.59. The van der Waals surface area contributed by atoms with Gasteiger partial charge in [0.1, 0.15) is 17.6 Å². The fourth-order valence-electron chi connectivity index (χ4n) is 3.23. The number of ether oxygens (including phenoxy) is 2. The summed E-state index contributed by atoms with van der Waals surface area (Å²) >= 11 is 1.09. The fraction of sp³-hybridized carbons (Fsp3) is 0.263. The zero-order valence-electron chi connectivity index (χ0n) is 15.9. The van der Waals surface area contributed by atoms with Gasteiger partial charge in [0.25, 0.3) is 0 Å². The Balaban J connectivity index is 1.44. The van der Waals surface area contributed by atoms with E-state index in [1.807, 2.05) is 6.07 Å². The summed E-state index contributed by atoms with van der Waals surface area (Å²) < 4.78 is 18.9. The molecule has 1 N–H and O–H groups in total. The Morgan fingerprint density at radius 3 is 2.76 bits per heavy atom. The molecular formula is C19H19N5O4S. The molecule has 0 radical (unpaired) electrons. The van der Waals surface area contributed by atoms with Crippen LogP contribution in [0.3, 0.4) is 0 Å². The first-order valence-electron chi connectivity index (χ1n) is 8.90. The third-order valence-corrected chi connectivity index (χ3v) is 5.21. The van der Waals surface area contributed by atoms with Crippen LogP contribution in [0.4, 0.5) is 16.2 Å². The smallest absolute Gasteiger partial charge is 0.325 e. The maximum atomic E-state index is 12.8. The number of carbonyl (C=O) groups is 2. The van der Waals surface area contributed by atoms with Gasteiger partial charge in [-0.3, -0.25) is 9.69 Å². The first-order chi connectivity index (χ1) is 14.1. The van der Waals surface area contributed by atoms with Crippen LogP contribution in [-0.2, 0) is 4.79 Å². The zero-order valence-corrected chi connectivity index (χ0v) is 16.7. The summed E-state index contributed by atoms with van der Waals surface area (Å²) in [4.78, 5) is 28.4. The van der Waals surface area contributed by atoms with Crippen molar-refractivity contribution in [2.24, 2.45) is 0 Å². The maximum absolute atomic E-state index is 12.8. The second-order valence-electron chi connectivity index (χ2n) is 6.38. The summed E-state index contributed by atoms with van der Waals surface area (Å²) in [6.07, 6.45) is 0. The minimum Gasteiger partial charge on any atom is -0.493 e. The van der Waals surface area contributed by atoms with E-state index >= 15 is 0 Å². The molecule has 29 heavy (non-hydrogen) atoms. The molecule has 0 spiro atoms. The topological polar surface area (TPSA) is 96.9 Å². The lowest BCUT2D eigenvalue weighted by atomic mass is 10.2. The van der Waals surface area contributed by atoms with Crippen molar-refractivity contribution < 1.29 is 19.1 Å². The summed E-state index contributed by atoms with van der Waals surface area (Å²) in [5.41, 5.74) is 2.65. The van der Waals surface area contributed by atoms with E-state index in [1.165, 1.54) is 4.90 Å². The molecule has 0 atom stereocenters. The number of benzene rings is 2. The number of urea groups is 1. The Bertz CT molecular complexity index is 1070. The van der Waals surface area contributed by atoms with Gasteiger partial charge in [-0.1, -0.05) is 6.07 Å². The van der Waals surface area contributed by atoms with Gasteiger partial charge in [0.05, 0.1) is 31.6 Å². The van der Waals surface area contributed by atoms with E-state index in [-0.39, 0.29) is 18.5 Å². The van der Waals surface area contributed by atoms with E-state index < -0.39 is 0 Å². The van der Waals surface area contributed by atoms with E-state index in [9.17, 15) is 9.59 Å². The van der Waals surface area contributed by atoms with Gasteiger partial charge in [-0.15, -0.1) is 0 Å². The highest BCUT2D eigenvalue weighted by Gasteiger charge is 2.31. The molecule has 1 aliphatic heterocycles. The molecule has 4 rings (SSSR count). The Hall–Kier alpha value is -3.40. The molecule has 2 aromatic carbocycles. The molecular weight excluding hydrogens is 394 g/mol. The quantitative estimate of drug-likeness (QED) is 0.667. The second kappa shape index (κ2) is 7.92. The third-order valence-electron chi connectivity index (χ3n) is 4.67. The van der Waals surface area contributed by atoms with Crippen molar-refractivity contribution in [3.8, 4) is 11.5 Å². The zero-order chi connectivity index (χ0) is 20.4. The third kappa shape index (κ3) is 3.66. The molecule has 3 aromatic rings. The van der Waals surface area contributed by atoms with Crippen LogP contribution in [0.2, 0.25) is 0 Å². The Kier molecular flexibility index (Phi) is 5.17. The maximum Gasteiger partial charge on any atom is 0.325 e. The van der Waals surface area contributed by atoms with Crippen LogP contribution >= 0.6 is 11.7 Å². The molecule has 1 fully saturated rings. The van der Waals surface area contributed by atoms with Crippen molar-refractivity contribution in [2.75, 3.05) is 44.1 Å². The van der Waals surface area contributed by atoms with E-state index in [1.54, 1.807) is 49.5 Å². The van der Waals surface area contributed by atoms with Crippen molar-refractivity contribution in [1.29, 1.82) is 0 Å². The van der Waals surface area contributed by atoms with Crippen LogP contribution in [0.1, 0.15) is 0 Å². The Labute approximate surface area is 171 Å². The van der Waals surface area contributed by atoms with Crippen LogP contribution in [0.25, 0.3) is 11.0 Å². The van der Waals surface area contributed by atoms with Gasteiger partial charge in [0.15, 0.2) is 11.5 Å². The molecule has 1 saturated heterocycles. The molecule has 3 amide bonds. The number of aromatic nitrogens is 2. The number of amides is 3. The SMILES string of the molecule is COc1ccc(N2CCN(CC(=O)Nc3cccc4nsnc34)C2=O)cc1OC. The number of nitrogens with zero attached hydrogens (tertiary/aromatic N) is 4. The number of hydrogen-bond donors (Lipinski definition) is 1. The monoisotopic (exact) mass is 413 g/mol. The molecule has 2 heterocycles. The van der Waals surface area contributed by atoms with Crippen LogP contribution < -0.4 is 19.7 Å². The lowest BCUT2D eigenvalue weighted by Crippen LogP contribution is -2.37. The number of fused-ring (bicyclic) bond motifs is 1. The van der Waals surface area contributed by atoms with Crippen molar-refractivity contribution in [1.82, 2.24) is 13.6 Å². The van der Waals surface area contributed by atoms with Crippen molar-refractivity contribution in [3.05, 3.63) is 36.4 Å². The van der Waals surface area contributed by atoms with Gasteiger partial charge >= 0.3 is 6.03 Å². The number of methoxy groups -OCH3 is 2. The summed E-state index contributed by atoms with van der Waals surface area (Å²) in [6, 6.07) is 10.5. The number of carbonyl (C=O) groups excluding carboxylic acids is 2. The number of hydrogen-bond acceptors (Lipinski definition) is 7. The minimum atomic E-state index is -0.284. The fourth-order valence-corrected chi connectivity index (χ4v) is 3.78. The molecule has 0 aliphatic carbocycles. The van der Waals surface area contributed by atoms with E-state index in [0.29, 0.717) is 41.5 Å². The van der Waals surface area contributed by atoms with Gasteiger partial charge < -0.3 is 19.7 Å². The van der Waals surface area contributed by atoms with Gasteiger partial charge in [0, 0.05) is 24.8 Å². The second-order valence-corrected chi connectivity index (χ2v) is 6.91. The standard InChI is InChI=1S/C19H19N5O4S/c1-27-15-7-6-12(10-16(15)28-2)24-9-8-23(19(24)26)11-17(25)20-13-4-3-5-14-18(13)22-29-21-14/h3-7,10H,8-9,11H2,1-2H3,(H,20,25). The molecule has 9 nitrogen and oxygen atoms in total. The molecule has 0 saturated carbocycles. The van der Waals surface area contributed by atoms with E-state index in [2.05, 4.69) is 14.1 Å². The molecule has 150 valence electrons. The summed E-state index contributed by atoms with van der Waals surface area (Å²) in [6.45, 7) is 0.882. The first kappa shape index (κ1) is 18.9. The van der Waals surface area contributed by atoms with Crippen LogP contribution in [0.15, 0.2) is 36.4 Å². The summed E-state index contributed by atoms with van der Waals surface area (Å²) in [5.74, 6) is 0.844. The van der Waals surface area contributed by atoms with Crippen LogP contribution in [0, 0.1) is 0 Å². The molecule has 1 aliphatic rings. The highest BCUT2D eigenvalue weighted by atomic mass is 32.1. The number of rotatable bonds is 6. The molecule has 10 heteroatoms. The molecule has 0 unspecified atom stereocenters. The highest BCUT2D eigenvalue weighted by Crippen LogP contribution is 2.32. The average molecular weight is 413 g/mol. The minimum absolute atomic E-state index is 0.0451. The predicted molar refractivity (Wildman–Crippen MR) is 110 cm³/mol. The summed E-state index contributed by atoms with van der Waals surface area (Å²) in [7, 11) is 3.10. The number of anilines is 2. The normalized spacial score (nSPS) is 13.8. The van der Waals surface area contributed by atoms with Gasteiger partial charge in [0.2, 0.25) is 5.91 Å². The van der Waals surface area contributed by atoms with Gasteiger partial charge in [-0.2, -0.15) is 8.75 Å².